The molecule has 138 valence electrons. The van der Waals surface area contributed by atoms with Crippen molar-refractivity contribution in [2.24, 2.45) is 0 Å². The van der Waals surface area contributed by atoms with Crippen molar-refractivity contribution in [3.63, 3.8) is 0 Å². The summed E-state index contributed by atoms with van der Waals surface area (Å²) in [7, 11) is 0. The maximum atomic E-state index is 12.5. The number of nitro groups is 1. The molecular weight excluding hydrogens is 386 g/mol. The molecule has 0 radical (unpaired) electrons. The number of para-hydroxylation sites is 1. The number of nitrogens with one attached hydrogen (secondary N) is 1. The Hall–Kier alpha value is -2.77. The van der Waals surface area contributed by atoms with Crippen LogP contribution in [0.1, 0.15) is 28.6 Å². The van der Waals surface area contributed by atoms with Crippen molar-refractivity contribution < 1.29 is 9.72 Å². The van der Waals surface area contributed by atoms with E-state index in [2.05, 4.69) is 17.2 Å². The molecular formula is C19H16ClN3O3S. The fourth-order valence-corrected chi connectivity index (χ4v) is 3.83. The lowest BCUT2D eigenvalue weighted by molar-refractivity contribution is -0.385. The second kappa shape index (κ2) is 8.28. The van der Waals surface area contributed by atoms with Crippen LogP contribution in [0.3, 0.4) is 0 Å². The van der Waals surface area contributed by atoms with Gasteiger partial charge in [0.2, 0.25) is 0 Å². The van der Waals surface area contributed by atoms with Gasteiger partial charge in [0.05, 0.1) is 10.6 Å². The van der Waals surface area contributed by atoms with E-state index in [1.165, 1.54) is 29.5 Å². The minimum atomic E-state index is -0.571. The molecule has 0 aliphatic carbocycles. The monoisotopic (exact) mass is 401 g/mol. The van der Waals surface area contributed by atoms with Crippen molar-refractivity contribution in [3.8, 4) is 11.3 Å². The first-order valence-electron chi connectivity index (χ1n) is 8.30. The number of rotatable bonds is 6. The number of amides is 1. The molecule has 0 aliphatic rings. The van der Waals surface area contributed by atoms with Crippen LogP contribution in [0.15, 0.2) is 48.5 Å². The topological polar surface area (TPSA) is 85.1 Å². The number of benzene rings is 2. The van der Waals surface area contributed by atoms with Gasteiger partial charge in [0, 0.05) is 21.5 Å². The summed E-state index contributed by atoms with van der Waals surface area (Å²) in [5.41, 5.74) is 1.46. The fraction of sp³-hybridized carbons (Fsp3) is 0.158. The van der Waals surface area contributed by atoms with Crippen LogP contribution < -0.4 is 5.32 Å². The predicted octanol–water partition coefficient (Wildman–Crippen LogP) is 5.58. The number of aromatic nitrogens is 1. The van der Waals surface area contributed by atoms with E-state index in [0.717, 1.165) is 29.0 Å². The second-order valence-electron chi connectivity index (χ2n) is 5.78. The smallest absolute Gasteiger partial charge is 0.282 e. The van der Waals surface area contributed by atoms with Crippen LogP contribution in [0.2, 0.25) is 5.02 Å². The van der Waals surface area contributed by atoms with Crippen LogP contribution in [0.4, 0.5) is 10.8 Å². The van der Waals surface area contributed by atoms with Gasteiger partial charge in [-0.1, -0.05) is 49.2 Å². The number of thiazole rings is 1. The molecule has 0 saturated carbocycles. The van der Waals surface area contributed by atoms with E-state index < -0.39 is 10.8 Å². The highest BCUT2D eigenvalue weighted by atomic mass is 35.5. The molecule has 1 N–H and O–H groups in total. The first-order valence-corrected chi connectivity index (χ1v) is 9.49. The van der Waals surface area contributed by atoms with Gasteiger partial charge < -0.3 is 0 Å². The van der Waals surface area contributed by atoms with Crippen molar-refractivity contribution in [2.75, 3.05) is 5.32 Å². The Morgan fingerprint density at radius 1 is 1.22 bits per heavy atom. The maximum absolute atomic E-state index is 12.5. The van der Waals surface area contributed by atoms with E-state index in [-0.39, 0.29) is 11.3 Å². The molecule has 0 atom stereocenters. The van der Waals surface area contributed by atoms with Crippen LogP contribution >= 0.6 is 22.9 Å². The summed E-state index contributed by atoms with van der Waals surface area (Å²) < 4.78 is 0. The third kappa shape index (κ3) is 4.32. The molecule has 3 rings (SSSR count). The molecule has 0 saturated heterocycles. The Labute approximate surface area is 165 Å². The minimum Gasteiger partial charge on any atom is -0.298 e. The summed E-state index contributed by atoms with van der Waals surface area (Å²) in [6.45, 7) is 2.07. The van der Waals surface area contributed by atoms with Gasteiger partial charge in [0.1, 0.15) is 5.56 Å². The first-order chi connectivity index (χ1) is 13.0. The molecule has 2 aromatic carbocycles. The fourth-order valence-electron chi connectivity index (χ4n) is 2.62. The zero-order valence-corrected chi connectivity index (χ0v) is 16.0. The van der Waals surface area contributed by atoms with E-state index in [9.17, 15) is 14.9 Å². The van der Waals surface area contributed by atoms with Gasteiger partial charge in [-0.3, -0.25) is 20.2 Å². The first kappa shape index (κ1) is 19.0. The van der Waals surface area contributed by atoms with Gasteiger partial charge in [-0.2, -0.15) is 0 Å². The Morgan fingerprint density at radius 3 is 2.59 bits per heavy atom. The normalized spacial score (nSPS) is 10.6. The standard InChI is InChI=1S/C19H16ClN3O3S/c1-2-5-16-17(12-8-10-13(20)11-9-12)21-19(27-16)22-18(24)14-6-3-4-7-15(14)23(25)26/h3-4,6-11H,2,5H2,1H3,(H,21,22,24). The largest absolute Gasteiger partial charge is 0.298 e. The van der Waals surface area contributed by atoms with Crippen molar-refractivity contribution in [3.05, 3.63) is 74.1 Å². The van der Waals surface area contributed by atoms with E-state index in [0.29, 0.717) is 10.2 Å². The van der Waals surface area contributed by atoms with Gasteiger partial charge in [-0.05, 0) is 24.6 Å². The zero-order chi connectivity index (χ0) is 19.4. The Morgan fingerprint density at radius 2 is 1.93 bits per heavy atom. The molecule has 1 aromatic heterocycles. The number of anilines is 1. The molecule has 0 unspecified atom stereocenters. The van der Waals surface area contributed by atoms with Crippen molar-refractivity contribution in [1.82, 2.24) is 4.98 Å². The second-order valence-corrected chi connectivity index (χ2v) is 7.30. The molecule has 1 heterocycles. The summed E-state index contributed by atoms with van der Waals surface area (Å²) in [4.78, 5) is 28.7. The molecule has 1 amide bonds. The molecule has 0 fully saturated rings. The van der Waals surface area contributed by atoms with E-state index in [1.54, 1.807) is 18.2 Å². The van der Waals surface area contributed by atoms with Gasteiger partial charge in [0.15, 0.2) is 5.13 Å². The molecule has 27 heavy (non-hydrogen) atoms. The number of hydrogen-bond acceptors (Lipinski definition) is 5. The number of nitro benzene ring substituents is 1. The molecule has 6 nitrogen and oxygen atoms in total. The summed E-state index contributed by atoms with van der Waals surface area (Å²) in [6.07, 6.45) is 1.75. The van der Waals surface area contributed by atoms with E-state index in [1.807, 2.05) is 12.1 Å². The minimum absolute atomic E-state index is 0.00258. The summed E-state index contributed by atoms with van der Waals surface area (Å²) >= 11 is 7.33. The summed E-state index contributed by atoms with van der Waals surface area (Å²) in [6, 6.07) is 13.2. The zero-order valence-electron chi connectivity index (χ0n) is 14.4. The molecule has 0 spiro atoms. The van der Waals surface area contributed by atoms with Crippen LogP contribution in [0.5, 0.6) is 0 Å². The third-order valence-electron chi connectivity index (χ3n) is 3.86. The number of hydrogen-bond donors (Lipinski definition) is 1. The van der Waals surface area contributed by atoms with E-state index >= 15 is 0 Å². The number of carbonyl (C=O) groups excluding carboxylic acids is 1. The lowest BCUT2D eigenvalue weighted by atomic mass is 10.1. The molecule has 8 heteroatoms. The highest BCUT2D eigenvalue weighted by molar-refractivity contribution is 7.16. The van der Waals surface area contributed by atoms with Gasteiger partial charge in [-0.25, -0.2) is 4.98 Å². The number of aryl methyl sites for hydroxylation is 1. The maximum Gasteiger partial charge on any atom is 0.282 e. The Balaban J connectivity index is 1.92. The van der Waals surface area contributed by atoms with Gasteiger partial charge in [0.25, 0.3) is 11.6 Å². The van der Waals surface area contributed by atoms with Crippen LogP contribution in [0, 0.1) is 10.1 Å². The van der Waals surface area contributed by atoms with Gasteiger partial charge in [-0.15, -0.1) is 11.3 Å². The molecule has 0 bridgehead atoms. The van der Waals surface area contributed by atoms with Crippen LogP contribution in [-0.2, 0) is 6.42 Å². The number of carbonyl (C=O) groups is 1. The van der Waals surface area contributed by atoms with Gasteiger partial charge >= 0.3 is 0 Å². The average Bonchev–Trinajstić information content (AvgIpc) is 3.05. The summed E-state index contributed by atoms with van der Waals surface area (Å²) in [5, 5.41) is 14.9. The van der Waals surface area contributed by atoms with Crippen molar-refractivity contribution >= 4 is 39.7 Å². The highest BCUT2D eigenvalue weighted by Crippen LogP contribution is 2.33. The molecule has 0 aliphatic heterocycles. The predicted molar refractivity (Wildman–Crippen MR) is 108 cm³/mol. The van der Waals surface area contributed by atoms with Crippen molar-refractivity contribution in [1.29, 1.82) is 0 Å². The quantitative estimate of drug-likeness (QED) is 0.431. The van der Waals surface area contributed by atoms with Crippen molar-refractivity contribution in [2.45, 2.75) is 19.8 Å². The third-order valence-corrected chi connectivity index (χ3v) is 5.14. The lowest BCUT2D eigenvalue weighted by Crippen LogP contribution is -2.13. The SMILES string of the molecule is CCCc1sc(NC(=O)c2ccccc2[N+](=O)[O-])nc1-c1ccc(Cl)cc1. The van der Waals surface area contributed by atoms with E-state index in [4.69, 9.17) is 11.6 Å². The lowest BCUT2D eigenvalue weighted by Gasteiger charge is -2.02. The summed E-state index contributed by atoms with van der Waals surface area (Å²) in [5.74, 6) is -0.554. The van der Waals surface area contributed by atoms with Crippen LogP contribution in [-0.4, -0.2) is 15.8 Å². The van der Waals surface area contributed by atoms with Crippen LogP contribution in [0.25, 0.3) is 11.3 Å². The highest BCUT2D eigenvalue weighted by Gasteiger charge is 2.21. The average molecular weight is 402 g/mol. The Kier molecular flexibility index (Phi) is 5.83. The Bertz CT molecular complexity index is 986. The number of halogens is 1. The number of nitrogens with zero attached hydrogens (tertiary/aromatic N) is 2. The molecule has 3 aromatic rings.